The molecule has 0 aliphatic carbocycles. The van der Waals surface area contributed by atoms with Crippen LogP contribution >= 0.6 is 0 Å². The standard InChI is InChI=1S/C13H17FO/c1-5-15-10(4)12-8-6-7-11(9(2)3)13(12)14/h6-9H,4-5H2,1-3H3. The van der Waals surface area contributed by atoms with E-state index in [4.69, 9.17) is 4.74 Å². The molecule has 0 amide bonds. The molecule has 0 spiro atoms. The molecule has 1 nitrogen and oxygen atoms in total. The summed E-state index contributed by atoms with van der Waals surface area (Å²) in [4.78, 5) is 0. The van der Waals surface area contributed by atoms with Crippen molar-refractivity contribution in [2.45, 2.75) is 26.7 Å². The molecular weight excluding hydrogens is 191 g/mol. The van der Waals surface area contributed by atoms with Gasteiger partial charge in [-0.25, -0.2) is 4.39 Å². The molecule has 82 valence electrons. The Morgan fingerprint density at radius 3 is 2.67 bits per heavy atom. The molecule has 0 radical (unpaired) electrons. The summed E-state index contributed by atoms with van der Waals surface area (Å²) >= 11 is 0. The van der Waals surface area contributed by atoms with E-state index in [2.05, 4.69) is 6.58 Å². The first-order valence-corrected chi connectivity index (χ1v) is 5.18. The third-order valence-electron chi connectivity index (χ3n) is 2.27. The Morgan fingerprint density at radius 1 is 1.47 bits per heavy atom. The van der Waals surface area contributed by atoms with Crippen LogP contribution in [0.3, 0.4) is 0 Å². The van der Waals surface area contributed by atoms with Crippen LogP contribution < -0.4 is 0 Å². The highest BCUT2D eigenvalue weighted by Crippen LogP contribution is 2.25. The molecule has 0 aliphatic rings. The first-order valence-electron chi connectivity index (χ1n) is 5.18. The van der Waals surface area contributed by atoms with E-state index in [1.807, 2.05) is 26.8 Å². The maximum Gasteiger partial charge on any atom is 0.137 e. The van der Waals surface area contributed by atoms with Crippen molar-refractivity contribution in [1.82, 2.24) is 0 Å². The monoisotopic (exact) mass is 208 g/mol. The predicted molar refractivity (Wildman–Crippen MR) is 61.1 cm³/mol. The lowest BCUT2D eigenvalue weighted by molar-refractivity contribution is 0.297. The van der Waals surface area contributed by atoms with E-state index in [1.54, 1.807) is 12.1 Å². The van der Waals surface area contributed by atoms with E-state index in [0.717, 1.165) is 0 Å². The van der Waals surface area contributed by atoms with Crippen LogP contribution in [0.1, 0.15) is 37.8 Å². The molecule has 1 rings (SSSR count). The van der Waals surface area contributed by atoms with Crippen LogP contribution in [-0.2, 0) is 4.74 Å². The van der Waals surface area contributed by atoms with Crippen molar-refractivity contribution in [3.05, 3.63) is 41.7 Å². The van der Waals surface area contributed by atoms with Crippen LogP contribution in [-0.4, -0.2) is 6.61 Å². The molecule has 0 atom stereocenters. The van der Waals surface area contributed by atoms with Gasteiger partial charge in [-0.05, 0) is 24.5 Å². The lowest BCUT2D eigenvalue weighted by Crippen LogP contribution is -1.99. The molecular formula is C13H17FO. The van der Waals surface area contributed by atoms with Gasteiger partial charge in [0.15, 0.2) is 0 Å². The third kappa shape index (κ3) is 2.58. The van der Waals surface area contributed by atoms with Crippen LogP contribution in [0.25, 0.3) is 5.76 Å². The summed E-state index contributed by atoms with van der Waals surface area (Å²) in [7, 11) is 0. The Hall–Kier alpha value is -1.31. The van der Waals surface area contributed by atoms with Gasteiger partial charge in [-0.3, -0.25) is 0 Å². The average Bonchev–Trinajstić information content (AvgIpc) is 2.17. The van der Waals surface area contributed by atoms with E-state index in [0.29, 0.717) is 23.5 Å². The van der Waals surface area contributed by atoms with Crippen molar-refractivity contribution in [3.8, 4) is 0 Å². The second-order valence-electron chi connectivity index (χ2n) is 3.72. The first kappa shape index (κ1) is 11.8. The summed E-state index contributed by atoms with van der Waals surface area (Å²) in [6.45, 7) is 10.0. The van der Waals surface area contributed by atoms with Crippen LogP contribution in [0.5, 0.6) is 0 Å². The van der Waals surface area contributed by atoms with E-state index in [9.17, 15) is 4.39 Å². The fraction of sp³-hybridized carbons (Fsp3) is 0.385. The smallest absolute Gasteiger partial charge is 0.137 e. The number of ether oxygens (including phenoxy) is 1. The van der Waals surface area contributed by atoms with Crippen molar-refractivity contribution >= 4 is 5.76 Å². The minimum Gasteiger partial charge on any atom is -0.494 e. The van der Waals surface area contributed by atoms with Gasteiger partial charge in [0.1, 0.15) is 11.6 Å². The second-order valence-corrected chi connectivity index (χ2v) is 3.72. The van der Waals surface area contributed by atoms with Crippen molar-refractivity contribution in [1.29, 1.82) is 0 Å². The summed E-state index contributed by atoms with van der Waals surface area (Å²) in [5, 5.41) is 0. The predicted octanol–water partition coefficient (Wildman–Crippen LogP) is 3.96. The molecule has 15 heavy (non-hydrogen) atoms. The van der Waals surface area contributed by atoms with Gasteiger partial charge < -0.3 is 4.74 Å². The molecule has 2 heteroatoms. The second kappa shape index (κ2) is 4.96. The summed E-state index contributed by atoms with van der Waals surface area (Å²) in [6, 6.07) is 5.32. The van der Waals surface area contributed by atoms with Crippen LogP contribution in [0.2, 0.25) is 0 Å². The lowest BCUT2D eigenvalue weighted by Gasteiger charge is -2.12. The number of benzene rings is 1. The lowest BCUT2D eigenvalue weighted by atomic mass is 9.99. The highest BCUT2D eigenvalue weighted by atomic mass is 19.1. The highest BCUT2D eigenvalue weighted by molar-refractivity contribution is 5.59. The maximum absolute atomic E-state index is 14.0. The minimum atomic E-state index is -0.217. The van der Waals surface area contributed by atoms with Gasteiger partial charge in [-0.2, -0.15) is 0 Å². The minimum absolute atomic E-state index is 0.166. The molecule has 1 aromatic carbocycles. The van der Waals surface area contributed by atoms with E-state index in [1.165, 1.54) is 0 Å². The third-order valence-corrected chi connectivity index (χ3v) is 2.27. The molecule has 0 saturated carbocycles. The van der Waals surface area contributed by atoms with Gasteiger partial charge in [0.2, 0.25) is 0 Å². The molecule has 0 unspecified atom stereocenters. The van der Waals surface area contributed by atoms with E-state index < -0.39 is 0 Å². The number of rotatable bonds is 4. The Labute approximate surface area is 90.6 Å². The Morgan fingerprint density at radius 2 is 2.13 bits per heavy atom. The molecule has 0 saturated heterocycles. The molecule has 0 bridgehead atoms. The fourth-order valence-corrected chi connectivity index (χ4v) is 1.46. The molecule has 0 aliphatic heterocycles. The zero-order valence-electron chi connectivity index (χ0n) is 9.51. The zero-order valence-corrected chi connectivity index (χ0v) is 9.51. The van der Waals surface area contributed by atoms with Gasteiger partial charge in [0.05, 0.1) is 12.2 Å². The Kier molecular flexibility index (Phi) is 3.89. The molecule has 1 aromatic rings. The van der Waals surface area contributed by atoms with Crippen molar-refractivity contribution < 1.29 is 9.13 Å². The maximum atomic E-state index is 14.0. The van der Waals surface area contributed by atoms with E-state index >= 15 is 0 Å². The van der Waals surface area contributed by atoms with Crippen molar-refractivity contribution in [3.63, 3.8) is 0 Å². The van der Waals surface area contributed by atoms with Crippen LogP contribution in [0.4, 0.5) is 4.39 Å². The van der Waals surface area contributed by atoms with E-state index in [-0.39, 0.29) is 11.7 Å². The molecule has 0 aromatic heterocycles. The van der Waals surface area contributed by atoms with Gasteiger partial charge >= 0.3 is 0 Å². The van der Waals surface area contributed by atoms with Crippen molar-refractivity contribution in [2.75, 3.05) is 6.61 Å². The molecule has 0 fully saturated rings. The number of halogens is 1. The summed E-state index contributed by atoms with van der Waals surface area (Å²) in [5.74, 6) is 0.350. The summed E-state index contributed by atoms with van der Waals surface area (Å²) < 4.78 is 19.2. The molecule has 0 N–H and O–H groups in total. The SMILES string of the molecule is C=C(OCC)c1cccc(C(C)C)c1F. The largest absolute Gasteiger partial charge is 0.494 e. The average molecular weight is 208 g/mol. The fourth-order valence-electron chi connectivity index (χ4n) is 1.46. The Balaban J connectivity index is 3.09. The quantitative estimate of drug-likeness (QED) is 0.680. The summed E-state index contributed by atoms with van der Waals surface area (Å²) in [5.41, 5.74) is 1.16. The number of hydrogen-bond acceptors (Lipinski definition) is 1. The normalized spacial score (nSPS) is 10.5. The van der Waals surface area contributed by atoms with Gasteiger partial charge in [-0.1, -0.05) is 32.6 Å². The van der Waals surface area contributed by atoms with Gasteiger partial charge in [0.25, 0.3) is 0 Å². The molecule has 0 heterocycles. The summed E-state index contributed by atoms with van der Waals surface area (Å²) in [6.07, 6.45) is 0. The first-order chi connectivity index (χ1) is 7.07. The van der Waals surface area contributed by atoms with Gasteiger partial charge in [0, 0.05) is 0 Å². The van der Waals surface area contributed by atoms with Crippen LogP contribution in [0, 0.1) is 5.82 Å². The van der Waals surface area contributed by atoms with Crippen molar-refractivity contribution in [2.24, 2.45) is 0 Å². The highest BCUT2D eigenvalue weighted by Gasteiger charge is 2.13. The zero-order chi connectivity index (χ0) is 11.4. The van der Waals surface area contributed by atoms with Crippen LogP contribution in [0.15, 0.2) is 24.8 Å². The number of hydrogen-bond donors (Lipinski definition) is 0. The Bertz CT molecular complexity index is 356. The topological polar surface area (TPSA) is 9.23 Å². The van der Waals surface area contributed by atoms with Gasteiger partial charge in [-0.15, -0.1) is 0 Å².